The summed E-state index contributed by atoms with van der Waals surface area (Å²) in [5.41, 5.74) is -2.58. The molecule has 0 spiro atoms. The Labute approximate surface area is 278 Å². The van der Waals surface area contributed by atoms with E-state index in [1.54, 1.807) is 20.8 Å². The van der Waals surface area contributed by atoms with Crippen LogP contribution in [0, 0.1) is 17.5 Å². The average molecular weight is 708 g/mol. The first-order valence-electron chi connectivity index (χ1n) is 15.6. The quantitative estimate of drug-likeness (QED) is 0.189. The Balaban J connectivity index is 1.57. The molecule has 2 atom stereocenters. The Morgan fingerprint density at radius 2 is 1.73 bits per heavy atom. The van der Waals surface area contributed by atoms with Crippen molar-refractivity contribution in [3.05, 3.63) is 52.4 Å². The zero-order valence-corrected chi connectivity index (χ0v) is 27.2. The fourth-order valence-corrected chi connectivity index (χ4v) is 5.69. The highest BCUT2D eigenvalue weighted by Gasteiger charge is 2.44. The monoisotopic (exact) mass is 707 g/mol. The van der Waals surface area contributed by atoms with E-state index < -0.39 is 90.2 Å². The molecule has 1 aromatic carbocycles. The highest BCUT2D eigenvalue weighted by atomic mass is 19.4. The van der Waals surface area contributed by atoms with E-state index in [-0.39, 0.29) is 37.4 Å². The van der Waals surface area contributed by atoms with Crippen LogP contribution in [0.5, 0.6) is 0 Å². The van der Waals surface area contributed by atoms with Gasteiger partial charge in [-0.2, -0.15) is 13.2 Å². The number of ether oxygens (including phenoxy) is 3. The summed E-state index contributed by atoms with van der Waals surface area (Å²) in [4.78, 5) is 45.0. The van der Waals surface area contributed by atoms with Crippen molar-refractivity contribution >= 4 is 18.0 Å². The number of alkyl carbamates (subject to hydrolysis) is 1. The summed E-state index contributed by atoms with van der Waals surface area (Å²) in [7, 11) is 0. The van der Waals surface area contributed by atoms with E-state index in [0.29, 0.717) is 45.0 Å². The van der Waals surface area contributed by atoms with Crippen LogP contribution < -0.4 is 5.32 Å². The first-order chi connectivity index (χ1) is 22.9. The largest absolute Gasteiger partial charge is 0.476 e. The number of halogens is 6. The normalized spacial score (nSPS) is 17.8. The van der Waals surface area contributed by atoms with Crippen LogP contribution in [0.15, 0.2) is 12.1 Å². The number of nitrogens with zero attached hydrogens (tertiary/aromatic N) is 4. The predicted octanol–water partition coefficient (Wildman–Crippen LogP) is 4.17. The summed E-state index contributed by atoms with van der Waals surface area (Å²) in [6.45, 7) is 7.21. The number of imidazole rings is 1. The molecule has 2 aromatic rings. The minimum Gasteiger partial charge on any atom is -0.476 e. The molecular weight excluding hydrogens is 668 g/mol. The summed E-state index contributed by atoms with van der Waals surface area (Å²) in [5, 5.41) is 12.2. The van der Waals surface area contributed by atoms with Crippen molar-refractivity contribution < 1.29 is 60.0 Å². The van der Waals surface area contributed by atoms with Gasteiger partial charge in [-0.25, -0.2) is 27.7 Å². The maximum Gasteiger partial charge on any atom is 0.449 e. The molecule has 272 valence electrons. The van der Waals surface area contributed by atoms with Gasteiger partial charge in [0.15, 0.2) is 17.3 Å². The predicted molar refractivity (Wildman–Crippen MR) is 159 cm³/mol. The number of nitrogens with one attached hydrogen (secondary N) is 1. The Hall–Kier alpha value is -3.90. The summed E-state index contributed by atoms with van der Waals surface area (Å²) in [6.07, 6.45) is -7.12. The van der Waals surface area contributed by atoms with E-state index in [1.165, 1.54) is 0 Å². The van der Waals surface area contributed by atoms with Gasteiger partial charge < -0.3 is 34.1 Å². The van der Waals surface area contributed by atoms with E-state index in [4.69, 9.17) is 14.2 Å². The van der Waals surface area contributed by atoms with Crippen LogP contribution in [0.4, 0.5) is 31.1 Å². The average Bonchev–Trinajstić information content (AvgIpc) is 3.40. The molecule has 0 aliphatic carbocycles. The second kappa shape index (κ2) is 15.8. The number of rotatable bonds is 12. The van der Waals surface area contributed by atoms with E-state index in [2.05, 4.69) is 15.2 Å². The van der Waals surface area contributed by atoms with Crippen molar-refractivity contribution in [1.82, 2.24) is 24.7 Å². The highest BCUT2D eigenvalue weighted by Crippen LogP contribution is 2.37. The van der Waals surface area contributed by atoms with E-state index in [1.807, 2.05) is 0 Å². The van der Waals surface area contributed by atoms with Crippen LogP contribution in [0.2, 0.25) is 0 Å². The molecule has 2 aliphatic rings. The standard InChI is InChI=1S/C31H39F6N5O7/c1-30(2,3)49-29(46)38-19(12-18-13-22(33)23(34)15-21(18)32)14-25(43)41-16-20(4-8-47-9-5-40-6-10-48-11-7-40)42-24(17-41)26(27(44)45)39-28(42)31(35,36)37/h13,15,19-20H,4-12,14,16-17H2,1-3H3,(H,38,46)(H,44,45)/t19?,20-/m1/s1. The molecule has 0 saturated carbocycles. The summed E-state index contributed by atoms with van der Waals surface area (Å²) in [5.74, 6) is -7.85. The van der Waals surface area contributed by atoms with Crippen molar-refractivity contribution in [1.29, 1.82) is 0 Å². The molecule has 1 unspecified atom stereocenters. The third-order valence-electron chi connectivity index (χ3n) is 7.90. The number of alkyl halides is 3. The maximum absolute atomic E-state index is 14.6. The molecule has 1 aromatic heterocycles. The van der Waals surface area contributed by atoms with Crippen molar-refractivity contribution in [3.8, 4) is 0 Å². The number of hydrogen-bond donors (Lipinski definition) is 2. The third kappa shape index (κ3) is 10.3. The first kappa shape index (κ1) is 37.9. The van der Waals surface area contributed by atoms with Gasteiger partial charge in [0.2, 0.25) is 11.7 Å². The SMILES string of the molecule is CC(C)(C)OC(=O)NC(CC(=O)N1Cc2c(C(=O)O)nc(C(F)(F)F)n2[C@H](CCOCCN2CCOCC2)C1)Cc1cc(F)c(F)cc1F. The number of carbonyl (C=O) groups is 3. The van der Waals surface area contributed by atoms with Crippen molar-refractivity contribution in [2.75, 3.05) is 52.6 Å². The maximum atomic E-state index is 14.6. The minimum absolute atomic E-state index is 0.0212. The van der Waals surface area contributed by atoms with E-state index >= 15 is 0 Å². The summed E-state index contributed by atoms with van der Waals surface area (Å²) >= 11 is 0. The number of hydrogen-bond acceptors (Lipinski definition) is 8. The van der Waals surface area contributed by atoms with Gasteiger partial charge >= 0.3 is 18.2 Å². The lowest BCUT2D eigenvalue weighted by atomic mass is 10.0. The van der Waals surface area contributed by atoms with Crippen LogP contribution in [-0.4, -0.2) is 107 Å². The number of benzene rings is 1. The number of amides is 2. The number of morpholine rings is 1. The number of carboxylic acids is 1. The molecule has 1 fully saturated rings. The van der Waals surface area contributed by atoms with Gasteiger partial charge in [0, 0.05) is 51.3 Å². The van der Waals surface area contributed by atoms with Crippen molar-refractivity contribution in [2.45, 2.75) is 70.4 Å². The molecule has 2 amide bonds. The highest BCUT2D eigenvalue weighted by molar-refractivity contribution is 5.87. The van der Waals surface area contributed by atoms with Gasteiger partial charge in [-0.3, -0.25) is 9.69 Å². The molecule has 18 heteroatoms. The number of fused-ring (bicyclic) bond motifs is 1. The first-order valence-corrected chi connectivity index (χ1v) is 15.6. The smallest absolute Gasteiger partial charge is 0.449 e. The zero-order chi connectivity index (χ0) is 36.1. The Morgan fingerprint density at radius 3 is 2.37 bits per heavy atom. The molecular formula is C31H39F6N5O7. The Bertz CT molecular complexity index is 1510. The molecule has 12 nitrogen and oxygen atoms in total. The van der Waals surface area contributed by atoms with Gasteiger partial charge in [-0.1, -0.05) is 0 Å². The Morgan fingerprint density at radius 1 is 1.06 bits per heavy atom. The second-order valence-electron chi connectivity index (χ2n) is 12.8. The molecule has 2 aliphatic heterocycles. The zero-order valence-electron chi connectivity index (χ0n) is 27.2. The fourth-order valence-electron chi connectivity index (χ4n) is 5.69. The molecule has 0 radical (unpaired) electrons. The molecule has 49 heavy (non-hydrogen) atoms. The minimum atomic E-state index is -5.01. The van der Waals surface area contributed by atoms with E-state index in [9.17, 15) is 45.8 Å². The fraction of sp³-hybridized carbons (Fsp3) is 0.613. The summed E-state index contributed by atoms with van der Waals surface area (Å²) < 4.78 is 101. The molecule has 4 rings (SSSR count). The van der Waals surface area contributed by atoms with Gasteiger partial charge in [0.05, 0.1) is 38.1 Å². The van der Waals surface area contributed by atoms with Crippen LogP contribution in [0.1, 0.15) is 67.2 Å². The van der Waals surface area contributed by atoms with Gasteiger partial charge in [0.1, 0.15) is 11.4 Å². The molecule has 1 saturated heterocycles. The van der Waals surface area contributed by atoms with E-state index in [0.717, 1.165) is 9.47 Å². The second-order valence-corrected chi connectivity index (χ2v) is 12.8. The molecule has 3 heterocycles. The van der Waals surface area contributed by atoms with Gasteiger partial charge in [-0.05, 0) is 45.2 Å². The van der Waals surface area contributed by atoms with Crippen LogP contribution >= 0.6 is 0 Å². The molecule has 0 bridgehead atoms. The Kier molecular flexibility index (Phi) is 12.2. The van der Waals surface area contributed by atoms with Crippen LogP contribution in [-0.2, 0) is 38.1 Å². The lowest BCUT2D eigenvalue weighted by molar-refractivity contribution is -0.149. The van der Waals surface area contributed by atoms with Crippen molar-refractivity contribution in [2.24, 2.45) is 0 Å². The lowest BCUT2D eigenvalue weighted by Gasteiger charge is -2.36. The van der Waals surface area contributed by atoms with Crippen molar-refractivity contribution in [3.63, 3.8) is 0 Å². The van der Waals surface area contributed by atoms with Crippen LogP contribution in [0.3, 0.4) is 0 Å². The number of carbonyl (C=O) groups excluding carboxylic acids is 2. The lowest BCUT2D eigenvalue weighted by Crippen LogP contribution is -2.47. The number of aromatic nitrogens is 2. The summed E-state index contributed by atoms with van der Waals surface area (Å²) in [6, 6.07) is -1.44. The van der Waals surface area contributed by atoms with Gasteiger partial charge in [0.25, 0.3) is 0 Å². The van der Waals surface area contributed by atoms with Gasteiger partial charge in [-0.15, -0.1) is 0 Å². The molecule has 2 N–H and O–H groups in total. The topological polar surface area (TPSA) is 135 Å². The third-order valence-corrected chi connectivity index (χ3v) is 7.90. The number of aromatic carboxylic acids is 1. The number of carboxylic acid groups (broad SMARTS) is 1. The van der Waals surface area contributed by atoms with Crippen LogP contribution in [0.25, 0.3) is 0 Å².